The van der Waals surface area contributed by atoms with Gasteiger partial charge in [0.05, 0.1) is 5.75 Å². The van der Waals surface area contributed by atoms with Crippen molar-refractivity contribution >= 4 is 16.0 Å². The Labute approximate surface area is 65.8 Å². The Kier molecular flexibility index (Phi) is 4.06. The van der Waals surface area contributed by atoms with Crippen molar-refractivity contribution in [3.05, 3.63) is 0 Å². The lowest BCUT2D eigenvalue weighted by Crippen LogP contribution is -2.27. The number of hydrogen-bond acceptors (Lipinski definition) is 4. The molecule has 0 aliphatic rings. The Balaban J connectivity index is 3.80. The quantitative estimate of drug-likeness (QED) is 0.609. The van der Waals surface area contributed by atoms with E-state index in [2.05, 4.69) is 4.28 Å². The van der Waals surface area contributed by atoms with Gasteiger partial charge in [-0.25, -0.2) is 5.48 Å². The maximum absolute atomic E-state index is 10.6. The summed E-state index contributed by atoms with van der Waals surface area (Å²) in [7, 11) is -3.56. The number of rotatable bonds is 4. The average molecular weight is 181 g/mol. The van der Waals surface area contributed by atoms with Crippen LogP contribution in [0.1, 0.15) is 20.3 Å². The van der Waals surface area contributed by atoms with Crippen molar-refractivity contribution in [2.24, 2.45) is 0 Å². The number of amides is 1. The number of hydrogen-bond donors (Lipinski definition) is 1. The van der Waals surface area contributed by atoms with E-state index >= 15 is 0 Å². The van der Waals surface area contributed by atoms with Gasteiger partial charge in [0.25, 0.3) is 10.1 Å². The monoisotopic (exact) mass is 181 g/mol. The molecule has 0 saturated carbocycles. The van der Waals surface area contributed by atoms with Gasteiger partial charge < -0.3 is 0 Å². The summed E-state index contributed by atoms with van der Waals surface area (Å²) in [6.45, 7) is 3.02. The maximum atomic E-state index is 10.6. The van der Waals surface area contributed by atoms with Crippen LogP contribution in [0, 0.1) is 0 Å². The summed E-state index contributed by atoms with van der Waals surface area (Å²) in [5.41, 5.74) is 1.80. The van der Waals surface area contributed by atoms with Crippen LogP contribution >= 0.6 is 0 Å². The Hall–Kier alpha value is -0.620. The molecule has 0 aromatic heterocycles. The van der Waals surface area contributed by atoms with Crippen LogP contribution in [0.4, 0.5) is 0 Å². The molecule has 0 heterocycles. The number of carbonyl (C=O) groups excluding carboxylic acids is 1. The molecule has 0 aromatic carbocycles. The highest BCUT2D eigenvalue weighted by Gasteiger charge is 2.08. The molecule has 0 bridgehead atoms. The van der Waals surface area contributed by atoms with E-state index < -0.39 is 16.0 Å². The number of hydroxylamine groups is 1. The summed E-state index contributed by atoms with van der Waals surface area (Å²) >= 11 is 0. The predicted octanol–water partition coefficient (Wildman–Crippen LogP) is -0.206. The van der Waals surface area contributed by atoms with Crippen molar-refractivity contribution < 1.29 is 17.5 Å². The number of nitrogens with one attached hydrogen (secondary N) is 1. The van der Waals surface area contributed by atoms with Gasteiger partial charge in [-0.15, -0.1) is 4.28 Å². The van der Waals surface area contributed by atoms with Gasteiger partial charge in [0, 0.05) is 6.42 Å². The Morgan fingerprint density at radius 1 is 1.45 bits per heavy atom. The minimum absolute atomic E-state index is 0.156. The van der Waals surface area contributed by atoms with Crippen LogP contribution in [0.25, 0.3) is 0 Å². The molecule has 1 amide bonds. The van der Waals surface area contributed by atoms with Crippen LogP contribution in [-0.2, 0) is 19.2 Å². The minimum Gasteiger partial charge on any atom is -0.273 e. The lowest BCUT2D eigenvalue weighted by atomic mass is 10.5. The molecule has 0 radical (unpaired) electrons. The smallest absolute Gasteiger partial charge is 0.273 e. The van der Waals surface area contributed by atoms with Crippen LogP contribution < -0.4 is 5.48 Å². The molecule has 6 heteroatoms. The van der Waals surface area contributed by atoms with Crippen molar-refractivity contribution in [1.29, 1.82) is 0 Å². The van der Waals surface area contributed by atoms with E-state index in [-0.39, 0.29) is 12.2 Å². The van der Waals surface area contributed by atoms with Crippen molar-refractivity contribution in [3.8, 4) is 0 Å². The van der Waals surface area contributed by atoms with E-state index in [1.807, 2.05) is 0 Å². The molecule has 66 valence electrons. The molecule has 0 rings (SSSR count). The first kappa shape index (κ1) is 10.4. The third kappa shape index (κ3) is 4.74. The van der Waals surface area contributed by atoms with Gasteiger partial charge in [-0.3, -0.25) is 4.79 Å². The Morgan fingerprint density at radius 3 is 2.36 bits per heavy atom. The van der Waals surface area contributed by atoms with Crippen LogP contribution in [0.3, 0.4) is 0 Å². The third-order valence-electron chi connectivity index (χ3n) is 0.957. The molecule has 0 fully saturated rings. The zero-order chi connectivity index (χ0) is 8.91. The van der Waals surface area contributed by atoms with Gasteiger partial charge in [0.15, 0.2) is 0 Å². The van der Waals surface area contributed by atoms with Gasteiger partial charge in [0.1, 0.15) is 0 Å². The van der Waals surface area contributed by atoms with Gasteiger partial charge >= 0.3 is 0 Å². The standard InChI is InChI=1S/C5H11NO4S/c1-3-5(7)6-10-11(8,9)4-2/h3-4H2,1-2H3,(H,6,7). The third-order valence-corrected chi connectivity index (χ3v) is 2.00. The fourth-order valence-corrected chi connectivity index (χ4v) is 0.579. The number of carbonyl (C=O) groups is 1. The fourth-order valence-electron chi connectivity index (χ4n) is 0.241. The Bertz CT molecular complexity index is 221. The lowest BCUT2D eigenvalue weighted by molar-refractivity contribution is -0.127. The van der Waals surface area contributed by atoms with E-state index in [4.69, 9.17) is 0 Å². The lowest BCUT2D eigenvalue weighted by Gasteiger charge is -2.01. The van der Waals surface area contributed by atoms with Crippen molar-refractivity contribution in [3.63, 3.8) is 0 Å². The first-order valence-electron chi connectivity index (χ1n) is 3.21. The van der Waals surface area contributed by atoms with Gasteiger partial charge in [-0.1, -0.05) is 6.92 Å². The van der Waals surface area contributed by atoms with E-state index in [0.29, 0.717) is 0 Å². The van der Waals surface area contributed by atoms with Crippen LogP contribution in [0.2, 0.25) is 0 Å². The second-order valence-electron chi connectivity index (χ2n) is 1.81. The van der Waals surface area contributed by atoms with Gasteiger partial charge in [-0.05, 0) is 6.92 Å². The van der Waals surface area contributed by atoms with Crippen LogP contribution in [0.5, 0.6) is 0 Å². The van der Waals surface area contributed by atoms with E-state index in [9.17, 15) is 13.2 Å². The largest absolute Gasteiger partial charge is 0.287 e. The van der Waals surface area contributed by atoms with Crippen LogP contribution in [-0.4, -0.2) is 20.1 Å². The molecule has 11 heavy (non-hydrogen) atoms. The molecule has 1 N–H and O–H groups in total. The summed E-state index contributed by atoms with van der Waals surface area (Å²) in [5, 5.41) is 0. The molecule has 0 aliphatic carbocycles. The molecule has 0 atom stereocenters. The summed E-state index contributed by atoms with van der Waals surface area (Å²) in [5.74, 6) is -0.612. The average Bonchev–Trinajstić information content (AvgIpc) is 2.00. The summed E-state index contributed by atoms with van der Waals surface area (Å²) in [4.78, 5) is 10.5. The van der Waals surface area contributed by atoms with E-state index in [1.165, 1.54) is 6.92 Å². The minimum atomic E-state index is -3.56. The fraction of sp³-hybridized carbons (Fsp3) is 0.800. The topological polar surface area (TPSA) is 72.5 Å². The zero-order valence-electron chi connectivity index (χ0n) is 6.46. The molecule has 0 aromatic rings. The van der Waals surface area contributed by atoms with Crippen LogP contribution in [0.15, 0.2) is 0 Å². The summed E-state index contributed by atoms with van der Waals surface area (Å²) in [6.07, 6.45) is 0.194. The predicted molar refractivity (Wildman–Crippen MR) is 39.0 cm³/mol. The summed E-state index contributed by atoms with van der Waals surface area (Å²) in [6, 6.07) is 0. The van der Waals surface area contributed by atoms with Crippen molar-refractivity contribution in [1.82, 2.24) is 5.48 Å². The molecular weight excluding hydrogens is 170 g/mol. The van der Waals surface area contributed by atoms with Crippen molar-refractivity contribution in [2.75, 3.05) is 5.75 Å². The highest BCUT2D eigenvalue weighted by atomic mass is 32.2. The first-order valence-corrected chi connectivity index (χ1v) is 4.79. The molecule has 5 nitrogen and oxygen atoms in total. The van der Waals surface area contributed by atoms with Gasteiger partial charge in [-0.2, -0.15) is 8.42 Å². The molecule has 0 aliphatic heterocycles. The second-order valence-corrected chi connectivity index (χ2v) is 3.67. The molecule has 0 unspecified atom stereocenters. The highest BCUT2D eigenvalue weighted by molar-refractivity contribution is 7.86. The molecular formula is C5H11NO4S. The zero-order valence-corrected chi connectivity index (χ0v) is 7.27. The van der Waals surface area contributed by atoms with E-state index in [0.717, 1.165) is 0 Å². The van der Waals surface area contributed by atoms with Crippen molar-refractivity contribution in [2.45, 2.75) is 20.3 Å². The summed E-state index contributed by atoms with van der Waals surface area (Å²) < 4.78 is 25.3. The molecule has 0 saturated heterocycles. The SMILES string of the molecule is CCC(=O)NOS(=O)(=O)CC. The first-order chi connectivity index (χ1) is 5.02. The normalized spacial score (nSPS) is 11.1. The Morgan fingerprint density at radius 2 is 2.00 bits per heavy atom. The molecule has 0 spiro atoms. The van der Waals surface area contributed by atoms with Gasteiger partial charge in [0.2, 0.25) is 5.91 Å². The highest BCUT2D eigenvalue weighted by Crippen LogP contribution is 1.88. The van der Waals surface area contributed by atoms with E-state index in [1.54, 1.807) is 12.4 Å². The second kappa shape index (κ2) is 4.30. The maximum Gasteiger partial charge on any atom is 0.287 e.